The van der Waals surface area contributed by atoms with Gasteiger partial charge in [0.2, 0.25) is 5.91 Å². The van der Waals surface area contributed by atoms with Crippen LogP contribution in [0.4, 0.5) is 5.13 Å². The zero-order valence-electron chi connectivity index (χ0n) is 17.4. The lowest BCUT2D eigenvalue weighted by molar-refractivity contribution is -0.133. The number of amides is 2. The van der Waals surface area contributed by atoms with E-state index in [0.717, 1.165) is 10.4 Å². The number of hydrogen-bond acceptors (Lipinski definition) is 8. The number of para-hydroxylation sites is 1. The van der Waals surface area contributed by atoms with Crippen molar-refractivity contribution in [3.8, 4) is 11.5 Å². The molecule has 170 valence electrons. The molecular weight excluding hydrogens is 464 g/mol. The number of aromatic nitrogens is 1. The van der Waals surface area contributed by atoms with Crippen molar-refractivity contribution in [2.75, 3.05) is 16.8 Å². The van der Waals surface area contributed by atoms with Gasteiger partial charge in [-0.25, -0.2) is 18.4 Å². The Morgan fingerprint density at radius 3 is 2.70 bits per heavy atom. The van der Waals surface area contributed by atoms with Crippen LogP contribution in [0.2, 0.25) is 0 Å². The Morgan fingerprint density at radius 1 is 1.12 bits per heavy atom. The number of hydrogen-bond donors (Lipinski definition) is 1. The highest BCUT2D eigenvalue weighted by molar-refractivity contribution is 7.91. The Morgan fingerprint density at radius 2 is 1.94 bits per heavy atom. The molecule has 0 spiro atoms. The SMILES string of the molecule is O=C(Nc1nc2ccc(Oc3ccccc3)cc2s1)C1=NN([C@H]2CCS(=O)(=O)C2)C(=O)CC1. The Bertz CT molecular complexity index is 1370. The fraction of sp³-hybridized carbons (Fsp3) is 0.273. The van der Waals surface area contributed by atoms with Crippen molar-refractivity contribution in [1.82, 2.24) is 9.99 Å². The topological polar surface area (TPSA) is 118 Å². The predicted molar refractivity (Wildman–Crippen MR) is 125 cm³/mol. The average molecular weight is 485 g/mol. The molecule has 1 atom stereocenters. The second-order valence-electron chi connectivity index (χ2n) is 7.86. The number of rotatable bonds is 5. The summed E-state index contributed by atoms with van der Waals surface area (Å²) in [4.78, 5) is 29.5. The number of nitrogens with one attached hydrogen (secondary N) is 1. The third kappa shape index (κ3) is 4.74. The smallest absolute Gasteiger partial charge is 0.273 e. The predicted octanol–water partition coefficient (Wildman–Crippen LogP) is 3.19. The molecule has 1 saturated heterocycles. The molecule has 0 aliphatic carbocycles. The van der Waals surface area contributed by atoms with Crippen LogP contribution in [0.1, 0.15) is 19.3 Å². The van der Waals surface area contributed by atoms with Crippen molar-refractivity contribution in [3.63, 3.8) is 0 Å². The van der Waals surface area contributed by atoms with Gasteiger partial charge < -0.3 is 4.74 Å². The first-order valence-electron chi connectivity index (χ1n) is 10.4. The molecule has 0 bridgehead atoms. The maximum absolute atomic E-state index is 12.8. The second kappa shape index (κ2) is 8.56. The number of sulfone groups is 1. The quantitative estimate of drug-likeness (QED) is 0.594. The minimum absolute atomic E-state index is 0.0280. The third-order valence-electron chi connectivity index (χ3n) is 5.44. The highest BCUT2D eigenvalue weighted by atomic mass is 32.2. The van der Waals surface area contributed by atoms with E-state index >= 15 is 0 Å². The van der Waals surface area contributed by atoms with E-state index in [2.05, 4.69) is 15.4 Å². The van der Waals surface area contributed by atoms with E-state index in [4.69, 9.17) is 4.74 Å². The minimum Gasteiger partial charge on any atom is -0.457 e. The van der Waals surface area contributed by atoms with E-state index in [9.17, 15) is 18.0 Å². The van der Waals surface area contributed by atoms with Crippen molar-refractivity contribution < 1.29 is 22.7 Å². The van der Waals surface area contributed by atoms with Crippen LogP contribution in [-0.2, 0) is 19.4 Å². The molecule has 9 nitrogen and oxygen atoms in total. The maximum Gasteiger partial charge on any atom is 0.273 e. The van der Waals surface area contributed by atoms with Gasteiger partial charge in [-0.2, -0.15) is 5.10 Å². The third-order valence-corrected chi connectivity index (χ3v) is 8.12. The van der Waals surface area contributed by atoms with E-state index in [1.807, 2.05) is 48.5 Å². The summed E-state index contributed by atoms with van der Waals surface area (Å²) in [6.45, 7) is 0. The lowest BCUT2D eigenvalue weighted by Gasteiger charge is -2.27. The summed E-state index contributed by atoms with van der Waals surface area (Å²) in [6.07, 6.45) is 0.640. The number of ether oxygens (including phenoxy) is 1. The lowest BCUT2D eigenvalue weighted by Crippen LogP contribution is -2.42. The van der Waals surface area contributed by atoms with Crippen LogP contribution < -0.4 is 10.1 Å². The lowest BCUT2D eigenvalue weighted by atomic mass is 10.1. The van der Waals surface area contributed by atoms with E-state index in [1.165, 1.54) is 16.3 Å². The van der Waals surface area contributed by atoms with Crippen molar-refractivity contribution in [1.29, 1.82) is 0 Å². The molecule has 0 radical (unpaired) electrons. The summed E-state index contributed by atoms with van der Waals surface area (Å²) >= 11 is 1.30. The van der Waals surface area contributed by atoms with E-state index in [-0.39, 0.29) is 36.0 Å². The van der Waals surface area contributed by atoms with E-state index in [0.29, 0.717) is 22.8 Å². The summed E-state index contributed by atoms with van der Waals surface area (Å²) < 4.78 is 30.2. The molecule has 3 aromatic rings. The number of nitrogens with zero attached hydrogens (tertiary/aromatic N) is 3. The zero-order chi connectivity index (χ0) is 23.0. The summed E-state index contributed by atoms with van der Waals surface area (Å²) in [5.74, 6) is 0.572. The van der Waals surface area contributed by atoms with Crippen molar-refractivity contribution in [2.45, 2.75) is 25.3 Å². The maximum atomic E-state index is 12.8. The number of carbonyl (C=O) groups excluding carboxylic acids is 2. The van der Waals surface area contributed by atoms with Crippen LogP contribution in [0, 0.1) is 0 Å². The van der Waals surface area contributed by atoms with Gasteiger partial charge in [0.15, 0.2) is 15.0 Å². The molecule has 1 aromatic heterocycles. The normalized spacial score (nSPS) is 20.0. The second-order valence-corrected chi connectivity index (χ2v) is 11.1. The van der Waals surface area contributed by atoms with Crippen LogP contribution in [0.15, 0.2) is 53.6 Å². The van der Waals surface area contributed by atoms with Gasteiger partial charge >= 0.3 is 0 Å². The van der Waals surface area contributed by atoms with Crippen LogP contribution >= 0.6 is 11.3 Å². The number of benzene rings is 2. The molecular formula is C22H20N4O5S2. The largest absolute Gasteiger partial charge is 0.457 e. The summed E-state index contributed by atoms with van der Waals surface area (Å²) in [5.41, 5.74) is 0.903. The van der Waals surface area contributed by atoms with Gasteiger partial charge in [-0.1, -0.05) is 29.5 Å². The van der Waals surface area contributed by atoms with Crippen molar-refractivity contribution >= 4 is 54.0 Å². The fourth-order valence-corrected chi connectivity index (χ4v) is 6.39. The molecule has 2 aliphatic rings. The van der Waals surface area contributed by atoms with Crippen molar-refractivity contribution in [2.24, 2.45) is 5.10 Å². The summed E-state index contributed by atoms with van der Waals surface area (Å²) in [7, 11) is -3.18. The van der Waals surface area contributed by atoms with Gasteiger partial charge in [0.05, 0.1) is 27.8 Å². The molecule has 3 heterocycles. The van der Waals surface area contributed by atoms with E-state index < -0.39 is 21.8 Å². The van der Waals surface area contributed by atoms with Crippen LogP contribution in [0.5, 0.6) is 11.5 Å². The number of anilines is 1. The molecule has 1 N–H and O–H groups in total. The first-order chi connectivity index (χ1) is 15.9. The minimum atomic E-state index is -3.18. The summed E-state index contributed by atoms with van der Waals surface area (Å²) in [6, 6.07) is 14.4. The van der Waals surface area contributed by atoms with Gasteiger partial charge in [-0.3, -0.25) is 14.9 Å². The molecule has 0 saturated carbocycles. The molecule has 0 unspecified atom stereocenters. The first-order valence-corrected chi connectivity index (χ1v) is 13.0. The molecule has 5 rings (SSSR count). The number of fused-ring (bicyclic) bond motifs is 1. The first kappa shape index (κ1) is 21.5. The molecule has 2 amide bonds. The van der Waals surface area contributed by atoms with Gasteiger partial charge in [0.25, 0.3) is 5.91 Å². The Hall–Kier alpha value is -3.31. The van der Waals surface area contributed by atoms with Crippen LogP contribution in [-0.4, -0.2) is 53.5 Å². The Labute approximate surface area is 194 Å². The number of hydrazone groups is 1. The van der Waals surface area contributed by atoms with Gasteiger partial charge in [0.1, 0.15) is 17.2 Å². The highest BCUT2D eigenvalue weighted by Gasteiger charge is 2.37. The van der Waals surface area contributed by atoms with Crippen molar-refractivity contribution in [3.05, 3.63) is 48.5 Å². The Kier molecular flexibility index (Phi) is 5.59. The molecule has 1 fully saturated rings. The Balaban J connectivity index is 1.31. The average Bonchev–Trinajstić information content (AvgIpc) is 3.36. The van der Waals surface area contributed by atoms with E-state index in [1.54, 1.807) is 0 Å². The molecule has 33 heavy (non-hydrogen) atoms. The summed E-state index contributed by atoms with van der Waals surface area (Å²) in [5, 5.41) is 8.53. The standard InChI is InChI=1S/C22H20N4O5S2/c27-20-9-8-18(25-26(20)14-10-11-33(29,30)13-14)21(28)24-22-23-17-7-6-16(12-19(17)32-22)31-15-4-2-1-3-5-15/h1-7,12,14H,8-11,13H2,(H,23,24,28)/t14-/m0/s1. The zero-order valence-corrected chi connectivity index (χ0v) is 19.1. The van der Waals surface area contributed by atoms with Gasteiger partial charge in [-0.15, -0.1) is 0 Å². The molecule has 11 heteroatoms. The van der Waals surface area contributed by atoms with Gasteiger partial charge in [-0.05, 0) is 30.7 Å². The van der Waals surface area contributed by atoms with Crippen LogP contribution in [0.25, 0.3) is 10.2 Å². The highest BCUT2D eigenvalue weighted by Crippen LogP contribution is 2.31. The number of thiazole rings is 1. The molecule has 2 aromatic carbocycles. The number of carbonyl (C=O) groups is 2. The van der Waals surface area contributed by atoms with Gasteiger partial charge in [0, 0.05) is 18.9 Å². The fourth-order valence-electron chi connectivity index (χ4n) is 3.80. The monoisotopic (exact) mass is 484 g/mol. The van der Waals surface area contributed by atoms with Crippen LogP contribution in [0.3, 0.4) is 0 Å². The molecule has 2 aliphatic heterocycles.